The van der Waals surface area contributed by atoms with Gasteiger partial charge in [-0.2, -0.15) is 0 Å². The normalized spacial score (nSPS) is 14.7. The number of pyridine rings is 1. The molecule has 140 valence electrons. The van der Waals surface area contributed by atoms with Crippen molar-refractivity contribution >= 4 is 10.3 Å². The van der Waals surface area contributed by atoms with Crippen molar-refractivity contribution in [3.05, 3.63) is 29.1 Å². The molecule has 0 amide bonds. The molecule has 4 heteroatoms. The first-order valence-electron chi connectivity index (χ1n) is 9.24. The molecule has 0 aliphatic rings. The second kappa shape index (κ2) is 9.21. The summed E-state index contributed by atoms with van der Waals surface area (Å²) in [5.74, 6) is 3.37. The smallest absolute Gasteiger partial charge is 0.108 e. The van der Waals surface area contributed by atoms with Crippen molar-refractivity contribution in [2.45, 2.75) is 61.5 Å². The monoisotopic (exact) mass is 354 g/mol. The van der Waals surface area contributed by atoms with Crippen LogP contribution in [-0.2, 0) is 4.18 Å². The van der Waals surface area contributed by atoms with Crippen LogP contribution in [0.1, 0.15) is 64.3 Å². The van der Waals surface area contributed by atoms with E-state index in [-0.39, 0.29) is 11.5 Å². The van der Waals surface area contributed by atoms with E-state index in [4.69, 9.17) is 4.18 Å². The molecule has 1 heterocycles. The van der Waals surface area contributed by atoms with Crippen molar-refractivity contribution < 1.29 is 4.18 Å². The van der Waals surface area contributed by atoms with Gasteiger partial charge in [0.05, 0.1) is 0 Å². The Kier molecular flexibility index (Phi) is 8.24. The molecule has 1 rings (SSSR count). The van der Waals surface area contributed by atoms with Crippen molar-refractivity contribution in [2.24, 2.45) is 5.41 Å². The molecule has 1 atom stereocenters. The van der Waals surface area contributed by atoms with Gasteiger partial charge < -0.3 is 9.50 Å². The van der Waals surface area contributed by atoms with Crippen molar-refractivity contribution in [3.63, 3.8) is 0 Å². The van der Waals surface area contributed by atoms with Crippen molar-refractivity contribution in [2.75, 3.05) is 30.3 Å². The highest BCUT2D eigenvalue weighted by atomic mass is 32.3. The lowest BCUT2D eigenvalue weighted by Crippen LogP contribution is -2.32. The standard InChI is InChI=1S/C20H38N2OS/c1-9-24(10-2,11-3)23-18(14-22-15-20(6,7)8)19-16(4)12-21-13-17(19)5/h12-13,18,22H,9-11,14-15H2,1-8H3. The van der Waals surface area contributed by atoms with Crippen LogP contribution in [0, 0.1) is 19.3 Å². The minimum absolute atomic E-state index is 0.102. The predicted molar refractivity (Wildman–Crippen MR) is 109 cm³/mol. The Bertz CT molecular complexity index is 478. The average Bonchev–Trinajstić information content (AvgIpc) is 2.51. The first kappa shape index (κ1) is 21.5. The molecule has 0 aliphatic carbocycles. The molecular formula is C20H38N2OS. The fourth-order valence-corrected chi connectivity index (χ4v) is 5.33. The van der Waals surface area contributed by atoms with Gasteiger partial charge in [-0.05, 0) is 53.2 Å². The van der Waals surface area contributed by atoms with Crippen LogP contribution in [0.15, 0.2) is 12.4 Å². The zero-order chi connectivity index (χ0) is 18.4. The predicted octanol–water partition coefficient (Wildman–Crippen LogP) is 5.17. The Hall–Kier alpha value is -0.580. The summed E-state index contributed by atoms with van der Waals surface area (Å²) < 4.78 is 6.84. The fraction of sp³-hybridized carbons (Fsp3) is 0.750. The number of hydrogen-bond donors (Lipinski definition) is 1. The molecule has 1 aromatic rings. The van der Waals surface area contributed by atoms with Gasteiger partial charge in [-0.15, -0.1) is 10.3 Å². The highest BCUT2D eigenvalue weighted by Crippen LogP contribution is 2.52. The minimum Gasteiger partial charge on any atom is -0.327 e. The third kappa shape index (κ3) is 6.05. The maximum atomic E-state index is 6.84. The van der Waals surface area contributed by atoms with Crippen molar-refractivity contribution in [3.8, 4) is 0 Å². The van der Waals surface area contributed by atoms with E-state index >= 15 is 0 Å². The Morgan fingerprint density at radius 2 is 1.54 bits per heavy atom. The van der Waals surface area contributed by atoms with E-state index in [1.165, 1.54) is 16.7 Å². The Balaban J connectivity index is 3.07. The third-order valence-corrected chi connectivity index (χ3v) is 8.39. The number of hydrogen-bond acceptors (Lipinski definition) is 3. The van der Waals surface area contributed by atoms with Gasteiger partial charge in [0.15, 0.2) is 0 Å². The highest BCUT2D eigenvalue weighted by molar-refractivity contribution is 8.29. The fourth-order valence-electron chi connectivity index (χ4n) is 3.04. The summed E-state index contributed by atoms with van der Waals surface area (Å²) in [6.45, 7) is 19.7. The quantitative estimate of drug-likeness (QED) is 0.664. The zero-order valence-corrected chi connectivity index (χ0v) is 17.8. The number of nitrogens with one attached hydrogen (secondary N) is 1. The second-order valence-corrected chi connectivity index (χ2v) is 11.7. The van der Waals surface area contributed by atoms with Gasteiger partial charge >= 0.3 is 0 Å². The molecule has 24 heavy (non-hydrogen) atoms. The number of aromatic nitrogens is 1. The molecular weight excluding hydrogens is 316 g/mol. The van der Waals surface area contributed by atoms with Gasteiger partial charge in [0.25, 0.3) is 0 Å². The summed E-state index contributed by atoms with van der Waals surface area (Å²) in [6, 6.07) is 0. The molecule has 0 aliphatic heterocycles. The van der Waals surface area contributed by atoms with E-state index in [0.717, 1.165) is 30.3 Å². The summed E-state index contributed by atoms with van der Waals surface area (Å²) in [4.78, 5) is 4.33. The third-order valence-electron chi connectivity index (χ3n) is 4.59. The van der Waals surface area contributed by atoms with Gasteiger partial charge in [0.2, 0.25) is 0 Å². The summed E-state index contributed by atoms with van der Waals surface area (Å²) in [7, 11) is -1.02. The summed E-state index contributed by atoms with van der Waals surface area (Å²) in [6.07, 6.45) is 4.03. The van der Waals surface area contributed by atoms with E-state index in [9.17, 15) is 0 Å². The van der Waals surface area contributed by atoms with Crippen LogP contribution in [0.5, 0.6) is 0 Å². The molecule has 0 spiro atoms. The Morgan fingerprint density at radius 3 is 1.96 bits per heavy atom. The van der Waals surface area contributed by atoms with Crippen LogP contribution < -0.4 is 5.32 Å². The van der Waals surface area contributed by atoms with Crippen LogP contribution >= 0.6 is 10.3 Å². The molecule has 0 saturated carbocycles. The lowest BCUT2D eigenvalue weighted by molar-refractivity contribution is 0.218. The topological polar surface area (TPSA) is 34.1 Å². The SMILES string of the molecule is CCS(CC)(CC)OC(CNCC(C)(C)C)c1c(C)cncc1C. The lowest BCUT2D eigenvalue weighted by Gasteiger charge is -2.41. The van der Waals surface area contributed by atoms with Crippen LogP contribution in [0.2, 0.25) is 0 Å². The largest absolute Gasteiger partial charge is 0.327 e. The molecule has 0 bridgehead atoms. The maximum absolute atomic E-state index is 6.84. The van der Waals surface area contributed by atoms with Crippen LogP contribution in [0.3, 0.4) is 0 Å². The van der Waals surface area contributed by atoms with E-state index in [0.29, 0.717) is 0 Å². The summed E-state index contributed by atoms with van der Waals surface area (Å²) in [5.41, 5.74) is 4.05. The Labute approximate surface area is 151 Å². The number of rotatable bonds is 9. The molecule has 1 aromatic heterocycles. The molecule has 1 N–H and O–H groups in total. The minimum atomic E-state index is -1.02. The molecule has 0 radical (unpaired) electrons. The number of aryl methyl sites for hydroxylation is 2. The summed E-state index contributed by atoms with van der Waals surface area (Å²) in [5, 5.41) is 3.64. The van der Waals surface area contributed by atoms with E-state index in [1.54, 1.807) is 0 Å². The molecule has 0 aromatic carbocycles. The van der Waals surface area contributed by atoms with Crippen LogP contribution in [0.25, 0.3) is 0 Å². The first-order valence-corrected chi connectivity index (χ1v) is 11.3. The van der Waals surface area contributed by atoms with Gasteiger partial charge in [-0.3, -0.25) is 4.98 Å². The lowest BCUT2D eigenvalue weighted by atomic mass is 9.96. The van der Waals surface area contributed by atoms with Gasteiger partial charge in [-0.1, -0.05) is 41.5 Å². The van der Waals surface area contributed by atoms with Gasteiger partial charge in [0.1, 0.15) is 6.10 Å². The van der Waals surface area contributed by atoms with Crippen LogP contribution in [0.4, 0.5) is 0 Å². The van der Waals surface area contributed by atoms with Crippen molar-refractivity contribution in [1.82, 2.24) is 10.3 Å². The summed E-state index contributed by atoms with van der Waals surface area (Å²) >= 11 is 0. The first-order chi connectivity index (χ1) is 11.2. The second-order valence-electron chi connectivity index (χ2n) is 7.80. The van der Waals surface area contributed by atoms with Gasteiger partial charge in [0, 0.05) is 25.5 Å². The van der Waals surface area contributed by atoms with E-state index < -0.39 is 10.3 Å². The van der Waals surface area contributed by atoms with E-state index in [2.05, 4.69) is 65.7 Å². The number of nitrogens with zero attached hydrogens (tertiary/aromatic N) is 1. The van der Waals surface area contributed by atoms with Crippen molar-refractivity contribution in [1.29, 1.82) is 0 Å². The Morgan fingerprint density at radius 1 is 1.04 bits per heavy atom. The molecule has 1 unspecified atom stereocenters. The average molecular weight is 355 g/mol. The maximum Gasteiger partial charge on any atom is 0.108 e. The zero-order valence-electron chi connectivity index (χ0n) is 17.0. The van der Waals surface area contributed by atoms with Crippen LogP contribution in [-0.4, -0.2) is 35.3 Å². The van der Waals surface area contributed by atoms with E-state index in [1.807, 2.05) is 12.4 Å². The highest BCUT2D eigenvalue weighted by Gasteiger charge is 2.27. The molecule has 0 fully saturated rings. The molecule has 3 nitrogen and oxygen atoms in total. The van der Waals surface area contributed by atoms with Gasteiger partial charge in [-0.25, -0.2) is 0 Å². The molecule has 0 saturated heterocycles.